The average Bonchev–Trinajstić information content (AvgIpc) is 3.54. The Bertz CT molecular complexity index is 3320. The molecule has 0 aliphatic carbocycles. The number of hydrogen-bond donors (Lipinski definition) is 0. The number of rotatable bonds is 3. The summed E-state index contributed by atoms with van der Waals surface area (Å²) in [5.74, 6) is 0. The Hall–Kier alpha value is -7.49. The van der Waals surface area contributed by atoms with Crippen LogP contribution in [0.5, 0.6) is 0 Å². The van der Waals surface area contributed by atoms with Crippen LogP contribution in [-0.2, 0) is 0 Å². The first-order valence-electron chi connectivity index (χ1n) is 19.2. The van der Waals surface area contributed by atoms with Crippen molar-refractivity contribution in [3.63, 3.8) is 0 Å². The van der Waals surface area contributed by atoms with Gasteiger partial charge in [-0.2, -0.15) is 0 Å². The van der Waals surface area contributed by atoms with E-state index in [0.29, 0.717) is 0 Å². The SMILES string of the molecule is c1ccc(N2c3ccccc3-c3cc4c5cnccc5n(-c5ccc(-c6ccc7c8ccccc8c8ccccc8c7c6)cc5)c4cc3-c3ccccc32)cc1. The second kappa shape index (κ2) is 12.0. The lowest BCUT2D eigenvalue weighted by Gasteiger charge is -2.27. The highest BCUT2D eigenvalue weighted by Crippen LogP contribution is 2.52. The second-order valence-corrected chi connectivity index (χ2v) is 14.7. The van der Waals surface area contributed by atoms with Crippen molar-refractivity contribution >= 4 is 71.2 Å². The zero-order valence-electron chi connectivity index (χ0n) is 30.4. The summed E-state index contributed by atoms with van der Waals surface area (Å²) in [5, 5.41) is 10.1. The highest BCUT2D eigenvalue weighted by Gasteiger charge is 2.27. The molecule has 0 fully saturated rings. The summed E-state index contributed by atoms with van der Waals surface area (Å²) in [5.41, 5.74) is 14.1. The van der Waals surface area contributed by atoms with E-state index in [1.54, 1.807) is 0 Å². The maximum atomic E-state index is 4.63. The smallest absolute Gasteiger partial charge is 0.0571 e. The minimum Gasteiger partial charge on any atom is -0.309 e. The maximum absolute atomic E-state index is 4.63. The molecular weight excluding hydrogens is 679 g/mol. The Kier molecular flexibility index (Phi) is 6.63. The van der Waals surface area contributed by atoms with Crippen LogP contribution in [0.4, 0.5) is 17.1 Å². The topological polar surface area (TPSA) is 21.1 Å². The molecular formula is C53H33N3. The fraction of sp³-hybridized carbons (Fsp3) is 0. The molecule has 0 saturated carbocycles. The van der Waals surface area contributed by atoms with Crippen LogP contribution in [0.1, 0.15) is 0 Å². The summed E-state index contributed by atoms with van der Waals surface area (Å²) >= 11 is 0. The fourth-order valence-electron chi connectivity index (χ4n) is 9.30. The lowest BCUT2D eigenvalue weighted by atomic mass is 9.92. The molecule has 11 aromatic rings. The van der Waals surface area contributed by atoms with Crippen LogP contribution in [-0.4, -0.2) is 9.55 Å². The normalized spacial score (nSPS) is 12.2. The molecule has 0 atom stereocenters. The van der Waals surface area contributed by atoms with E-state index < -0.39 is 0 Å². The third kappa shape index (κ3) is 4.49. The third-order valence-corrected chi connectivity index (χ3v) is 11.8. The van der Waals surface area contributed by atoms with Gasteiger partial charge in [0.15, 0.2) is 0 Å². The molecule has 1 aliphatic heterocycles. The van der Waals surface area contributed by atoms with Gasteiger partial charge in [0.1, 0.15) is 0 Å². The van der Waals surface area contributed by atoms with Crippen molar-refractivity contribution in [2.45, 2.75) is 0 Å². The van der Waals surface area contributed by atoms with Gasteiger partial charge in [0.05, 0.1) is 22.4 Å². The van der Waals surface area contributed by atoms with E-state index in [1.165, 1.54) is 71.1 Å². The minimum atomic E-state index is 1.12. The first-order chi connectivity index (χ1) is 27.8. The Morgan fingerprint density at radius 3 is 1.55 bits per heavy atom. The monoisotopic (exact) mass is 711 g/mol. The van der Waals surface area contributed by atoms with Gasteiger partial charge < -0.3 is 9.47 Å². The fourth-order valence-corrected chi connectivity index (χ4v) is 9.30. The standard InChI is InChI=1S/C53H33N3/c1-2-12-36(13-3-1)55-50-20-10-8-18-43(50)46-31-48-49-33-54-29-28-52(49)56(53(48)32-47(46)44-19-9-11-21-51(44)55)37-25-22-34(23-26-37)35-24-27-42-40-16-5-4-14-38(40)39-15-6-7-17-41(39)45(42)30-35/h1-33H. The second-order valence-electron chi connectivity index (χ2n) is 14.7. The van der Waals surface area contributed by atoms with Crippen molar-refractivity contribution in [3.8, 4) is 39.1 Å². The number of hydrogen-bond acceptors (Lipinski definition) is 2. The number of nitrogens with zero attached hydrogens (tertiary/aromatic N) is 3. The summed E-state index contributed by atoms with van der Waals surface area (Å²) in [4.78, 5) is 7.03. The van der Waals surface area contributed by atoms with Crippen molar-refractivity contribution in [1.82, 2.24) is 9.55 Å². The summed E-state index contributed by atoms with van der Waals surface area (Å²) in [6.45, 7) is 0. The minimum absolute atomic E-state index is 1.12. The molecule has 9 aromatic carbocycles. The van der Waals surface area contributed by atoms with Crippen molar-refractivity contribution in [2.75, 3.05) is 4.90 Å². The summed E-state index contributed by atoms with van der Waals surface area (Å²) < 4.78 is 2.41. The molecule has 3 nitrogen and oxygen atoms in total. The predicted octanol–water partition coefficient (Wildman–Crippen LogP) is 14.4. The number of fused-ring (bicyclic) bond motifs is 14. The number of para-hydroxylation sites is 3. The highest BCUT2D eigenvalue weighted by molar-refractivity contribution is 6.25. The molecule has 12 rings (SSSR count). The maximum Gasteiger partial charge on any atom is 0.0571 e. The zero-order chi connectivity index (χ0) is 36.7. The van der Waals surface area contributed by atoms with Crippen LogP contribution in [0.3, 0.4) is 0 Å². The first kappa shape index (κ1) is 30.9. The number of anilines is 3. The van der Waals surface area contributed by atoms with Crippen LogP contribution in [0, 0.1) is 0 Å². The van der Waals surface area contributed by atoms with E-state index in [2.05, 4.69) is 203 Å². The Morgan fingerprint density at radius 1 is 0.321 bits per heavy atom. The van der Waals surface area contributed by atoms with Crippen LogP contribution in [0.2, 0.25) is 0 Å². The van der Waals surface area contributed by atoms with Gasteiger partial charge in [-0.3, -0.25) is 4.98 Å². The van der Waals surface area contributed by atoms with E-state index in [1.807, 2.05) is 12.4 Å². The predicted molar refractivity (Wildman–Crippen MR) is 236 cm³/mol. The average molecular weight is 712 g/mol. The lowest BCUT2D eigenvalue weighted by Crippen LogP contribution is -2.10. The molecule has 0 unspecified atom stereocenters. The van der Waals surface area contributed by atoms with Gasteiger partial charge in [-0.05, 0) is 115 Å². The number of benzene rings is 9. The van der Waals surface area contributed by atoms with Gasteiger partial charge in [0.2, 0.25) is 0 Å². The van der Waals surface area contributed by atoms with E-state index in [-0.39, 0.29) is 0 Å². The largest absolute Gasteiger partial charge is 0.309 e. The van der Waals surface area contributed by atoms with E-state index in [4.69, 9.17) is 0 Å². The van der Waals surface area contributed by atoms with Crippen LogP contribution < -0.4 is 4.90 Å². The molecule has 0 N–H and O–H groups in total. The van der Waals surface area contributed by atoms with Gasteiger partial charge in [-0.15, -0.1) is 0 Å². The molecule has 3 heteroatoms. The van der Waals surface area contributed by atoms with Gasteiger partial charge in [0, 0.05) is 45.7 Å². The molecule has 2 aromatic heterocycles. The Balaban J connectivity index is 1.05. The van der Waals surface area contributed by atoms with Gasteiger partial charge in [0.25, 0.3) is 0 Å². The van der Waals surface area contributed by atoms with Crippen molar-refractivity contribution < 1.29 is 0 Å². The van der Waals surface area contributed by atoms with E-state index >= 15 is 0 Å². The highest BCUT2D eigenvalue weighted by atomic mass is 15.1. The van der Waals surface area contributed by atoms with Crippen LogP contribution in [0.25, 0.3) is 93.2 Å². The van der Waals surface area contributed by atoms with Crippen LogP contribution in [0.15, 0.2) is 200 Å². The summed E-state index contributed by atoms with van der Waals surface area (Å²) in [6.07, 6.45) is 3.92. The molecule has 0 amide bonds. The zero-order valence-corrected chi connectivity index (χ0v) is 30.4. The van der Waals surface area contributed by atoms with Crippen molar-refractivity contribution in [1.29, 1.82) is 0 Å². The third-order valence-electron chi connectivity index (χ3n) is 11.8. The molecule has 0 radical (unpaired) electrons. The van der Waals surface area contributed by atoms with Crippen LogP contribution >= 0.6 is 0 Å². The molecule has 0 bridgehead atoms. The number of pyridine rings is 1. The molecule has 56 heavy (non-hydrogen) atoms. The van der Waals surface area contributed by atoms with Crippen molar-refractivity contribution in [3.05, 3.63) is 200 Å². The lowest BCUT2D eigenvalue weighted by molar-refractivity contribution is 1.17. The number of aromatic nitrogens is 2. The van der Waals surface area contributed by atoms with E-state index in [9.17, 15) is 0 Å². The van der Waals surface area contributed by atoms with Gasteiger partial charge in [-0.25, -0.2) is 0 Å². The first-order valence-corrected chi connectivity index (χ1v) is 19.2. The molecule has 0 spiro atoms. The van der Waals surface area contributed by atoms with E-state index in [0.717, 1.165) is 39.2 Å². The molecule has 1 aliphatic rings. The molecule has 260 valence electrons. The summed E-state index contributed by atoms with van der Waals surface area (Å²) in [6, 6.07) is 68.8. The Labute approximate surface area is 324 Å². The van der Waals surface area contributed by atoms with Gasteiger partial charge in [-0.1, -0.05) is 127 Å². The van der Waals surface area contributed by atoms with Crippen molar-refractivity contribution in [2.24, 2.45) is 0 Å². The quantitative estimate of drug-likeness (QED) is 0.170. The summed E-state index contributed by atoms with van der Waals surface area (Å²) in [7, 11) is 0. The van der Waals surface area contributed by atoms with Gasteiger partial charge >= 0.3 is 0 Å². The Morgan fingerprint density at radius 2 is 0.875 bits per heavy atom. The molecule has 3 heterocycles. The molecule has 0 saturated heterocycles.